The van der Waals surface area contributed by atoms with E-state index in [9.17, 15) is 4.79 Å². The van der Waals surface area contributed by atoms with E-state index in [4.69, 9.17) is 18.9 Å². The first-order valence-corrected chi connectivity index (χ1v) is 8.22. The zero-order valence-electron chi connectivity index (χ0n) is 13.7. The van der Waals surface area contributed by atoms with Crippen molar-refractivity contribution in [1.82, 2.24) is 0 Å². The third-order valence-electron chi connectivity index (χ3n) is 4.21. The fourth-order valence-electron chi connectivity index (χ4n) is 2.65. The van der Waals surface area contributed by atoms with Gasteiger partial charge in [-0.3, -0.25) is 0 Å². The van der Waals surface area contributed by atoms with Crippen molar-refractivity contribution in [2.24, 2.45) is 11.8 Å². The minimum absolute atomic E-state index is 0.355. The Morgan fingerprint density at radius 1 is 1.18 bits per heavy atom. The molecular weight excluding hydrogens is 284 g/mol. The first-order chi connectivity index (χ1) is 10.5. The molecule has 0 spiro atoms. The summed E-state index contributed by atoms with van der Waals surface area (Å²) in [5.74, 6) is 0.815. The Bertz CT molecular complexity index is 369. The van der Waals surface area contributed by atoms with E-state index in [1.54, 1.807) is 13.8 Å². The Morgan fingerprint density at radius 3 is 2.32 bits per heavy atom. The van der Waals surface area contributed by atoms with Gasteiger partial charge in [0.2, 0.25) is 0 Å². The third kappa shape index (κ3) is 6.46. The van der Waals surface area contributed by atoms with E-state index in [-0.39, 0.29) is 0 Å². The summed E-state index contributed by atoms with van der Waals surface area (Å²) in [5.41, 5.74) is 0.396. The number of hydrogen-bond acceptors (Lipinski definition) is 5. The summed E-state index contributed by atoms with van der Waals surface area (Å²) in [7, 11) is 0. The van der Waals surface area contributed by atoms with E-state index in [0.29, 0.717) is 30.1 Å². The molecule has 0 bridgehead atoms. The largest absolute Gasteiger partial charge is 0.433 e. The molecule has 5 heteroatoms. The minimum Gasteiger partial charge on any atom is -0.433 e. The van der Waals surface area contributed by atoms with Crippen LogP contribution in [0.4, 0.5) is 0 Å². The minimum atomic E-state index is -0.510. The van der Waals surface area contributed by atoms with Crippen LogP contribution in [0, 0.1) is 11.8 Å². The molecule has 0 aromatic carbocycles. The van der Waals surface area contributed by atoms with Crippen LogP contribution in [0.25, 0.3) is 0 Å². The standard InChI is InChI=1S/C17H28O5/c1-12(2)17(18)22-13(3)20-9-15-6-4-14(5-7-15)8-19-10-16-11-21-16/h13-16H,1,4-11H2,2-3H3. The lowest BCUT2D eigenvalue weighted by atomic mass is 9.83. The Hall–Kier alpha value is -0.910. The van der Waals surface area contributed by atoms with Crippen LogP contribution in [0.15, 0.2) is 12.2 Å². The second-order valence-corrected chi connectivity index (χ2v) is 6.47. The van der Waals surface area contributed by atoms with Gasteiger partial charge in [-0.2, -0.15) is 0 Å². The SMILES string of the molecule is C=C(C)C(=O)OC(C)OCC1CCC(COCC2CO2)CC1. The quantitative estimate of drug-likeness (QED) is 0.283. The van der Waals surface area contributed by atoms with Gasteiger partial charge in [-0.15, -0.1) is 0 Å². The molecule has 1 saturated heterocycles. The summed E-state index contributed by atoms with van der Waals surface area (Å²) >= 11 is 0. The maximum absolute atomic E-state index is 11.4. The van der Waals surface area contributed by atoms with Gasteiger partial charge in [-0.25, -0.2) is 4.79 Å². The lowest BCUT2D eigenvalue weighted by molar-refractivity contribution is -0.173. The van der Waals surface area contributed by atoms with Gasteiger partial charge < -0.3 is 18.9 Å². The molecule has 0 radical (unpaired) electrons. The maximum Gasteiger partial charge on any atom is 0.335 e. The van der Waals surface area contributed by atoms with E-state index in [0.717, 1.165) is 32.7 Å². The number of esters is 1. The summed E-state index contributed by atoms with van der Waals surface area (Å²) in [6, 6.07) is 0. The summed E-state index contributed by atoms with van der Waals surface area (Å²) in [6.07, 6.45) is 4.50. The van der Waals surface area contributed by atoms with E-state index < -0.39 is 12.3 Å². The molecule has 126 valence electrons. The highest BCUT2D eigenvalue weighted by Crippen LogP contribution is 2.29. The van der Waals surface area contributed by atoms with Gasteiger partial charge in [0.1, 0.15) is 6.10 Å². The molecule has 1 heterocycles. The third-order valence-corrected chi connectivity index (χ3v) is 4.21. The number of ether oxygens (including phenoxy) is 4. The van der Waals surface area contributed by atoms with Crippen molar-refractivity contribution in [3.8, 4) is 0 Å². The van der Waals surface area contributed by atoms with Crippen LogP contribution in [-0.2, 0) is 23.7 Å². The first kappa shape index (κ1) is 17.4. The van der Waals surface area contributed by atoms with Crippen molar-refractivity contribution in [3.63, 3.8) is 0 Å². The fraction of sp³-hybridized carbons (Fsp3) is 0.824. The molecule has 1 saturated carbocycles. The van der Waals surface area contributed by atoms with Crippen LogP contribution in [0.1, 0.15) is 39.5 Å². The zero-order valence-corrected chi connectivity index (χ0v) is 13.7. The predicted molar refractivity (Wildman–Crippen MR) is 82.3 cm³/mol. The van der Waals surface area contributed by atoms with Gasteiger partial charge in [0.25, 0.3) is 0 Å². The van der Waals surface area contributed by atoms with Gasteiger partial charge in [-0.05, 0) is 51.4 Å². The van der Waals surface area contributed by atoms with Gasteiger partial charge >= 0.3 is 5.97 Å². The fourth-order valence-corrected chi connectivity index (χ4v) is 2.65. The van der Waals surface area contributed by atoms with Gasteiger partial charge in [0, 0.05) is 12.2 Å². The Morgan fingerprint density at radius 2 is 1.77 bits per heavy atom. The lowest BCUT2D eigenvalue weighted by Crippen LogP contribution is -2.25. The van der Waals surface area contributed by atoms with Crippen molar-refractivity contribution < 1.29 is 23.7 Å². The molecule has 0 aromatic heterocycles. The maximum atomic E-state index is 11.4. The van der Waals surface area contributed by atoms with Gasteiger partial charge in [-0.1, -0.05) is 6.58 Å². The summed E-state index contributed by atoms with van der Waals surface area (Å²) in [6.45, 7) is 10.0. The van der Waals surface area contributed by atoms with Crippen molar-refractivity contribution in [3.05, 3.63) is 12.2 Å². The van der Waals surface area contributed by atoms with Crippen LogP contribution >= 0.6 is 0 Å². The summed E-state index contributed by atoms with van der Waals surface area (Å²) < 4.78 is 21.5. The molecule has 1 aliphatic carbocycles. The Kier molecular flexibility index (Phi) is 6.86. The molecule has 0 aromatic rings. The molecule has 2 atom stereocenters. The molecule has 5 nitrogen and oxygen atoms in total. The van der Waals surface area contributed by atoms with Crippen molar-refractivity contribution in [1.29, 1.82) is 0 Å². The van der Waals surface area contributed by atoms with Crippen LogP contribution in [0.3, 0.4) is 0 Å². The second kappa shape index (κ2) is 8.65. The first-order valence-electron chi connectivity index (χ1n) is 8.22. The monoisotopic (exact) mass is 312 g/mol. The molecule has 2 rings (SSSR count). The Labute approximate surface area is 132 Å². The van der Waals surface area contributed by atoms with Gasteiger partial charge in [0.15, 0.2) is 6.29 Å². The molecule has 2 unspecified atom stereocenters. The highest BCUT2D eigenvalue weighted by Gasteiger charge is 2.25. The number of carbonyl (C=O) groups is 1. The second-order valence-electron chi connectivity index (χ2n) is 6.47. The van der Waals surface area contributed by atoms with E-state index in [2.05, 4.69) is 6.58 Å². The van der Waals surface area contributed by atoms with Crippen molar-refractivity contribution >= 4 is 5.97 Å². The Balaban J connectivity index is 1.52. The highest BCUT2D eigenvalue weighted by molar-refractivity contribution is 5.86. The van der Waals surface area contributed by atoms with E-state index in [1.807, 2.05) is 0 Å². The number of carbonyl (C=O) groups excluding carboxylic acids is 1. The van der Waals surface area contributed by atoms with Crippen LogP contribution in [-0.4, -0.2) is 44.8 Å². The van der Waals surface area contributed by atoms with Crippen molar-refractivity contribution in [2.75, 3.05) is 26.4 Å². The lowest BCUT2D eigenvalue weighted by Gasteiger charge is -2.28. The van der Waals surface area contributed by atoms with Crippen LogP contribution in [0.2, 0.25) is 0 Å². The molecule has 2 aliphatic rings. The molecule has 0 amide bonds. The molecule has 0 N–H and O–H groups in total. The predicted octanol–water partition coefficient (Wildman–Crippen LogP) is 2.69. The molecule has 22 heavy (non-hydrogen) atoms. The molecule has 2 fully saturated rings. The number of hydrogen-bond donors (Lipinski definition) is 0. The average molecular weight is 312 g/mol. The van der Waals surface area contributed by atoms with Gasteiger partial charge in [0.05, 0.1) is 19.8 Å². The molecular formula is C17H28O5. The van der Waals surface area contributed by atoms with E-state index in [1.165, 1.54) is 12.8 Å². The molecule has 1 aliphatic heterocycles. The topological polar surface area (TPSA) is 57.3 Å². The van der Waals surface area contributed by atoms with Crippen LogP contribution < -0.4 is 0 Å². The number of rotatable bonds is 9. The zero-order chi connectivity index (χ0) is 15.9. The van der Waals surface area contributed by atoms with E-state index >= 15 is 0 Å². The summed E-state index contributed by atoms with van der Waals surface area (Å²) in [5, 5.41) is 0. The highest BCUT2D eigenvalue weighted by atomic mass is 16.7. The van der Waals surface area contributed by atoms with Crippen LogP contribution in [0.5, 0.6) is 0 Å². The van der Waals surface area contributed by atoms with Crippen molar-refractivity contribution in [2.45, 2.75) is 51.9 Å². The summed E-state index contributed by atoms with van der Waals surface area (Å²) in [4.78, 5) is 11.4. The normalized spacial score (nSPS) is 28.9. The number of epoxide rings is 1. The smallest absolute Gasteiger partial charge is 0.335 e. The average Bonchev–Trinajstić information content (AvgIpc) is 3.30.